The first-order valence-electron chi connectivity index (χ1n) is 7.36. The fourth-order valence-electron chi connectivity index (χ4n) is 1.86. The van der Waals surface area contributed by atoms with Crippen molar-refractivity contribution in [1.82, 2.24) is 20.6 Å². The maximum Gasteiger partial charge on any atom is 0.264 e. The molecule has 0 aromatic carbocycles. The van der Waals surface area contributed by atoms with Crippen LogP contribution in [0.4, 0.5) is 0 Å². The predicted octanol–water partition coefficient (Wildman–Crippen LogP) is 0.763. The number of ether oxygens (including phenoxy) is 1. The summed E-state index contributed by atoms with van der Waals surface area (Å²) in [5.41, 5.74) is -0.157. The zero-order chi connectivity index (χ0) is 16.8. The molecule has 0 radical (unpaired) electrons. The lowest BCUT2D eigenvalue weighted by molar-refractivity contribution is 0.0951. The first kappa shape index (κ1) is 21.6. The van der Waals surface area contributed by atoms with Gasteiger partial charge in [-0.05, 0) is 6.92 Å². The second kappa shape index (κ2) is 9.64. The van der Waals surface area contributed by atoms with E-state index in [1.165, 1.54) is 0 Å². The van der Waals surface area contributed by atoms with Gasteiger partial charge in [-0.15, -0.1) is 12.4 Å². The molecule has 0 atom stereocenters. The van der Waals surface area contributed by atoms with Gasteiger partial charge < -0.3 is 20.4 Å². The molecule has 0 fully saturated rings. The Hall–Kier alpha value is -1.44. The summed E-state index contributed by atoms with van der Waals surface area (Å²) in [4.78, 5) is 31.3. The van der Waals surface area contributed by atoms with Crippen LogP contribution in [0.3, 0.4) is 0 Å². The SMILES string of the molecule is COCCNCCNC(=O)c1c(C)nc(C(C)(C)C)[nH]c1=O.Cl. The molecule has 1 aromatic heterocycles. The standard InChI is InChI=1S/C15H26N4O3.ClH/c1-10-11(12(20)17-7-6-16-8-9-22-5)13(21)19-14(18-10)15(2,3)4;/h16H,6-9H2,1-5H3,(H,17,20)(H,18,19,21);1H. The average Bonchev–Trinajstić information content (AvgIpc) is 2.40. The van der Waals surface area contributed by atoms with Crippen LogP contribution in [0.2, 0.25) is 0 Å². The van der Waals surface area contributed by atoms with Crippen molar-refractivity contribution in [1.29, 1.82) is 0 Å². The van der Waals surface area contributed by atoms with E-state index in [0.717, 1.165) is 0 Å². The number of carbonyl (C=O) groups is 1. The summed E-state index contributed by atoms with van der Waals surface area (Å²) in [6, 6.07) is 0. The van der Waals surface area contributed by atoms with Gasteiger partial charge >= 0.3 is 0 Å². The smallest absolute Gasteiger partial charge is 0.264 e. The molecule has 132 valence electrons. The Morgan fingerprint density at radius 2 is 1.91 bits per heavy atom. The van der Waals surface area contributed by atoms with Gasteiger partial charge in [0.25, 0.3) is 11.5 Å². The van der Waals surface area contributed by atoms with Crippen LogP contribution < -0.4 is 16.2 Å². The van der Waals surface area contributed by atoms with Crippen LogP contribution in [0.1, 0.15) is 42.6 Å². The minimum absolute atomic E-state index is 0. The number of nitrogens with one attached hydrogen (secondary N) is 3. The first-order chi connectivity index (χ1) is 10.3. The van der Waals surface area contributed by atoms with Gasteiger partial charge in [0.2, 0.25) is 0 Å². The number of amides is 1. The summed E-state index contributed by atoms with van der Waals surface area (Å²) in [6.07, 6.45) is 0. The van der Waals surface area contributed by atoms with Crippen LogP contribution in [0.25, 0.3) is 0 Å². The number of carbonyl (C=O) groups excluding carboxylic acids is 1. The monoisotopic (exact) mass is 346 g/mol. The van der Waals surface area contributed by atoms with Gasteiger partial charge in [0, 0.05) is 32.2 Å². The van der Waals surface area contributed by atoms with Gasteiger partial charge in [-0.1, -0.05) is 20.8 Å². The third kappa shape index (κ3) is 6.68. The van der Waals surface area contributed by atoms with Gasteiger partial charge in [-0.25, -0.2) is 4.98 Å². The number of aromatic amines is 1. The molecule has 3 N–H and O–H groups in total. The number of nitrogens with zero attached hydrogens (tertiary/aromatic N) is 1. The molecule has 0 aliphatic carbocycles. The zero-order valence-electron chi connectivity index (χ0n) is 14.4. The van der Waals surface area contributed by atoms with E-state index in [4.69, 9.17) is 4.74 Å². The highest BCUT2D eigenvalue weighted by atomic mass is 35.5. The number of aromatic nitrogens is 2. The van der Waals surface area contributed by atoms with E-state index in [9.17, 15) is 9.59 Å². The molecule has 0 bridgehead atoms. The molecule has 7 nitrogen and oxygen atoms in total. The molecular formula is C15H27ClN4O3. The minimum Gasteiger partial charge on any atom is -0.383 e. The molecule has 0 aliphatic heterocycles. The van der Waals surface area contributed by atoms with Crippen molar-refractivity contribution in [2.24, 2.45) is 0 Å². The quantitative estimate of drug-likeness (QED) is 0.633. The summed E-state index contributed by atoms with van der Waals surface area (Å²) < 4.78 is 4.91. The number of H-pyrrole nitrogens is 1. The lowest BCUT2D eigenvalue weighted by atomic mass is 9.95. The lowest BCUT2D eigenvalue weighted by Crippen LogP contribution is -2.37. The second-order valence-electron chi connectivity index (χ2n) is 6.12. The average molecular weight is 347 g/mol. The number of hydrogen-bond acceptors (Lipinski definition) is 5. The molecule has 1 amide bonds. The molecule has 0 unspecified atom stereocenters. The van der Waals surface area contributed by atoms with Crippen LogP contribution in [0.15, 0.2) is 4.79 Å². The van der Waals surface area contributed by atoms with Crippen molar-refractivity contribution >= 4 is 18.3 Å². The summed E-state index contributed by atoms with van der Waals surface area (Å²) in [6.45, 7) is 9.92. The molecule has 1 heterocycles. The van der Waals surface area contributed by atoms with Crippen LogP contribution in [-0.4, -0.2) is 49.2 Å². The van der Waals surface area contributed by atoms with Gasteiger partial charge in [-0.2, -0.15) is 0 Å². The van der Waals surface area contributed by atoms with E-state index in [2.05, 4.69) is 20.6 Å². The van der Waals surface area contributed by atoms with Gasteiger partial charge in [0.1, 0.15) is 11.4 Å². The van der Waals surface area contributed by atoms with Crippen molar-refractivity contribution in [2.75, 3.05) is 33.4 Å². The van der Waals surface area contributed by atoms with Crippen molar-refractivity contribution < 1.29 is 9.53 Å². The highest BCUT2D eigenvalue weighted by Crippen LogP contribution is 2.17. The molecule has 0 aliphatic rings. The molecule has 0 saturated carbocycles. The maximum absolute atomic E-state index is 12.1. The van der Waals surface area contributed by atoms with Crippen LogP contribution in [0.5, 0.6) is 0 Å². The van der Waals surface area contributed by atoms with Crippen LogP contribution in [-0.2, 0) is 10.2 Å². The lowest BCUT2D eigenvalue weighted by Gasteiger charge is -2.18. The van der Waals surface area contributed by atoms with E-state index in [1.54, 1.807) is 14.0 Å². The van der Waals surface area contributed by atoms with Gasteiger partial charge in [-0.3, -0.25) is 9.59 Å². The fourth-order valence-corrected chi connectivity index (χ4v) is 1.86. The number of hydrogen-bond donors (Lipinski definition) is 3. The Morgan fingerprint density at radius 3 is 2.43 bits per heavy atom. The van der Waals surface area contributed by atoms with E-state index >= 15 is 0 Å². The molecule has 8 heteroatoms. The molecule has 1 aromatic rings. The first-order valence-corrected chi connectivity index (χ1v) is 7.36. The van der Waals surface area contributed by atoms with E-state index in [0.29, 0.717) is 37.8 Å². The Bertz CT molecular complexity index is 567. The van der Waals surface area contributed by atoms with Crippen molar-refractivity contribution in [2.45, 2.75) is 33.1 Å². The molecular weight excluding hydrogens is 320 g/mol. The van der Waals surface area contributed by atoms with E-state index in [1.807, 2.05) is 20.8 Å². The van der Waals surface area contributed by atoms with Crippen LogP contribution in [0, 0.1) is 6.92 Å². The van der Waals surface area contributed by atoms with E-state index < -0.39 is 11.5 Å². The number of halogens is 1. The molecule has 0 spiro atoms. The second-order valence-corrected chi connectivity index (χ2v) is 6.12. The molecule has 23 heavy (non-hydrogen) atoms. The summed E-state index contributed by atoms with van der Waals surface area (Å²) in [5.74, 6) is 0.174. The van der Waals surface area contributed by atoms with E-state index in [-0.39, 0.29) is 23.4 Å². The van der Waals surface area contributed by atoms with Crippen molar-refractivity contribution in [3.8, 4) is 0 Å². The highest BCUT2D eigenvalue weighted by molar-refractivity contribution is 5.94. The number of aryl methyl sites for hydroxylation is 1. The van der Waals surface area contributed by atoms with Crippen LogP contribution >= 0.6 is 12.4 Å². The Labute approximate surface area is 143 Å². The summed E-state index contributed by atoms with van der Waals surface area (Å²) >= 11 is 0. The summed E-state index contributed by atoms with van der Waals surface area (Å²) in [5, 5.41) is 5.82. The van der Waals surface area contributed by atoms with Gasteiger partial charge in [0.15, 0.2) is 0 Å². The topological polar surface area (TPSA) is 96.1 Å². The minimum atomic E-state index is -0.403. The number of methoxy groups -OCH3 is 1. The third-order valence-electron chi connectivity index (χ3n) is 3.11. The predicted molar refractivity (Wildman–Crippen MR) is 92.6 cm³/mol. The third-order valence-corrected chi connectivity index (χ3v) is 3.11. The van der Waals surface area contributed by atoms with Gasteiger partial charge in [0.05, 0.1) is 12.3 Å². The normalized spacial score (nSPS) is 11.0. The van der Waals surface area contributed by atoms with Crippen molar-refractivity contribution in [3.05, 3.63) is 27.4 Å². The summed E-state index contributed by atoms with van der Waals surface area (Å²) in [7, 11) is 1.63. The molecule has 1 rings (SSSR count). The van der Waals surface area contributed by atoms with Crippen molar-refractivity contribution in [3.63, 3.8) is 0 Å². The molecule has 0 saturated heterocycles. The largest absolute Gasteiger partial charge is 0.383 e. The zero-order valence-corrected chi connectivity index (χ0v) is 15.2. The highest BCUT2D eigenvalue weighted by Gasteiger charge is 2.21. The maximum atomic E-state index is 12.1. The Kier molecular flexibility index (Phi) is 9.04. The number of rotatable bonds is 7. The Morgan fingerprint density at radius 1 is 1.26 bits per heavy atom. The Balaban J connectivity index is 0.00000484. The fraction of sp³-hybridized carbons (Fsp3) is 0.667.